The summed E-state index contributed by atoms with van der Waals surface area (Å²) in [6, 6.07) is 9.48. The minimum atomic E-state index is -0.626. The number of aryl methyl sites for hydroxylation is 1. The first kappa shape index (κ1) is 13.3. The molecule has 1 aromatic carbocycles. The Bertz CT molecular complexity index is 676. The molecular weight excluding hydrogens is 262 g/mol. The molecule has 1 aromatic heterocycles. The van der Waals surface area contributed by atoms with Gasteiger partial charge in [0.1, 0.15) is 0 Å². The standard InChI is InChI=1S/C17H23N3O/c1-12-9-17(21,11-20(12)13-7-8-13)10-15-14-5-3-4-6-16(14)19(2)18-15/h3-6,12-13,21H,7-11H2,1-2H3. The molecule has 1 saturated carbocycles. The maximum atomic E-state index is 11.0. The lowest BCUT2D eigenvalue weighted by molar-refractivity contribution is 0.0479. The molecule has 112 valence electrons. The molecule has 0 radical (unpaired) electrons. The molecule has 1 aliphatic heterocycles. The third-order valence-corrected chi connectivity index (χ3v) is 5.07. The van der Waals surface area contributed by atoms with E-state index in [1.807, 2.05) is 23.9 Å². The van der Waals surface area contributed by atoms with Crippen LogP contribution in [0.2, 0.25) is 0 Å². The van der Waals surface area contributed by atoms with Crippen molar-refractivity contribution in [3.8, 4) is 0 Å². The second-order valence-electron chi connectivity index (χ2n) is 6.95. The number of benzene rings is 1. The lowest BCUT2D eigenvalue weighted by Gasteiger charge is -2.23. The Balaban J connectivity index is 1.62. The van der Waals surface area contributed by atoms with Gasteiger partial charge < -0.3 is 5.11 Å². The molecule has 0 bridgehead atoms. The number of rotatable bonds is 3. The van der Waals surface area contributed by atoms with Gasteiger partial charge in [0.2, 0.25) is 0 Å². The van der Waals surface area contributed by atoms with Gasteiger partial charge in [0.25, 0.3) is 0 Å². The van der Waals surface area contributed by atoms with Gasteiger partial charge in [-0.1, -0.05) is 18.2 Å². The first-order valence-electron chi connectivity index (χ1n) is 7.94. The van der Waals surface area contributed by atoms with Crippen molar-refractivity contribution in [3.05, 3.63) is 30.0 Å². The van der Waals surface area contributed by atoms with Gasteiger partial charge in [-0.3, -0.25) is 9.58 Å². The maximum Gasteiger partial charge on any atom is 0.0845 e. The van der Waals surface area contributed by atoms with Gasteiger partial charge in [0.05, 0.1) is 16.8 Å². The van der Waals surface area contributed by atoms with E-state index >= 15 is 0 Å². The van der Waals surface area contributed by atoms with Crippen molar-refractivity contribution in [2.24, 2.45) is 7.05 Å². The average molecular weight is 285 g/mol. The highest BCUT2D eigenvalue weighted by Gasteiger charge is 2.46. The van der Waals surface area contributed by atoms with E-state index in [4.69, 9.17) is 0 Å². The number of para-hydroxylation sites is 1. The van der Waals surface area contributed by atoms with Crippen molar-refractivity contribution in [1.82, 2.24) is 14.7 Å². The smallest absolute Gasteiger partial charge is 0.0845 e. The molecule has 0 spiro atoms. The van der Waals surface area contributed by atoms with Gasteiger partial charge in [-0.25, -0.2) is 0 Å². The minimum absolute atomic E-state index is 0.484. The van der Waals surface area contributed by atoms with E-state index in [1.165, 1.54) is 18.2 Å². The van der Waals surface area contributed by atoms with Gasteiger partial charge in [0.15, 0.2) is 0 Å². The van der Waals surface area contributed by atoms with Gasteiger partial charge in [-0.2, -0.15) is 5.10 Å². The second-order valence-corrected chi connectivity index (χ2v) is 6.95. The summed E-state index contributed by atoms with van der Waals surface area (Å²) >= 11 is 0. The van der Waals surface area contributed by atoms with Gasteiger partial charge >= 0.3 is 0 Å². The van der Waals surface area contributed by atoms with E-state index in [2.05, 4.69) is 29.1 Å². The molecule has 2 fully saturated rings. The highest BCUT2D eigenvalue weighted by molar-refractivity contribution is 5.81. The van der Waals surface area contributed by atoms with Crippen molar-refractivity contribution in [1.29, 1.82) is 0 Å². The van der Waals surface area contributed by atoms with E-state index in [0.29, 0.717) is 12.5 Å². The Kier molecular flexibility index (Phi) is 2.88. The number of aromatic nitrogens is 2. The first-order valence-corrected chi connectivity index (χ1v) is 7.94. The SMILES string of the molecule is CC1CC(O)(Cc2nn(C)c3ccccc23)CN1C1CC1. The summed E-state index contributed by atoms with van der Waals surface area (Å²) in [5.74, 6) is 0. The van der Waals surface area contributed by atoms with Crippen LogP contribution in [0.25, 0.3) is 10.9 Å². The number of nitrogens with zero attached hydrogens (tertiary/aromatic N) is 3. The fourth-order valence-corrected chi connectivity index (χ4v) is 3.98. The largest absolute Gasteiger partial charge is 0.388 e. The molecule has 21 heavy (non-hydrogen) atoms. The molecule has 1 aliphatic carbocycles. The summed E-state index contributed by atoms with van der Waals surface area (Å²) in [4.78, 5) is 2.49. The summed E-state index contributed by atoms with van der Waals surface area (Å²) in [6.07, 6.45) is 4.11. The molecule has 2 atom stereocenters. The molecular formula is C17H23N3O. The molecule has 4 rings (SSSR count). The van der Waals surface area contributed by atoms with E-state index in [9.17, 15) is 5.11 Å². The lowest BCUT2D eigenvalue weighted by atomic mass is 9.94. The fourth-order valence-electron chi connectivity index (χ4n) is 3.98. The predicted molar refractivity (Wildman–Crippen MR) is 83.2 cm³/mol. The molecule has 2 aliphatic rings. The highest BCUT2D eigenvalue weighted by Crippen LogP contribution is 2.38. The van der Waals surface area contributed by atoms with Gasteiger partial charge in [-0.15, -0.1) is 0 Å². The van der Waals surface area contributed by atoms with Gasteiger partial charge in [-0.05, 0) is 32.3 Å². The topological polar surface area (TPSA) is 41.3 Å². The van der Waals surface area contributed by atoms with Crippen LogP contribution in [0.1, 0.15) is 31.9 Å². The van der Waals surface area contributed by atoms with Gasteiger partial charge in [0, 0.05) is 37.5 Å². The summed E-state index contributed by atoms with van der Waals surface area (Å²) < 4.78 is 1.92. The van der Waals surface area contributed by atoms with Crippen molar-refractivity contribution in [2.45, 2.75) is 50.3 Å². The Hall–Kier alpha value is -1.39. The molecule has 2 unspecified atom stereocenters. The number of aliphatic hydroxyl groups is 1. The summed E-state index contributed by atoms with van der Waals surface area (Å²) in [6.45, 7) is 3.04. The van der Waals surface area contributed by atoms with Crippen molar-refractivity contribution in [2.75, 3.05) is 6.54 Å². The van der Waals surface area contributed by atoms with E-state index in [-0.39, 0.29) is 0 Å². The van der Waals surface area contributed by atoms with Crippen molar-refractivity contribution >= 4 is 10.9 Å². The summed E-state index contributed by atoms with van der Waals surface area (Å²) in [5.41, 5.74) is 1.54. The Morgan fingerprint density at radius 2 is 2.10 bits per heavy atom. The van der Waals surface area contributed by atoms with Crippen LogP contribution >= 0.6 is 0 Å². The molecule has 1 saturated heterocycles. The van der Waals surface area contributed by atoms with Crippen LogP contribution in [0.5, 0.6) is 0 Å². The second kappa shape index (κ2) is 4.55. The molecule has 4 heteroatoms. The van der Waals surface area contributed by atoms with Crippen molar-refractivity contribution < 1.29 is 5.11 Å². The monoisotopic (exact) mass is 285 g/mol. The average Bonchev–Trinajstić information content (AvgIpc) is 3.18. The highest BCUT2D eigenvalue weighted by atomic mass is 16.3. The Labute approximate surface area is 125 Å². The number of hydrogen-bond donors (Lipinski definition) is 1. The summed E-state index contributed by atoms with van der Waals surface area (Å²) in [5, 5.41) is 16.9. The van der Waals surface area contributed by atoms with Crippen LogP contribution < -0.4 is 0 Å². The van der Waals surface area contributed by atoms with E-state index < -0.39 is 5.60 Å². The normalized spacial score (nSPS) is 30.3. The number of likely N-dealkylation sites (tertiary alicyclic amines) is 1. The minimum Gasteiger partial charge on any atom is -0.388 e. The molecule has 2 heterocycles. The Morgan fingerprint density at radius 1 is 1.33 bits per heavy atom. The first-order chi connectivity index (χ1) is 10.1. The van der Waals surface area contributed by atoms with E-state index in [0.717, 1.165) is 30.2 Å². The van der Waals surface area contributed by atoms with Crippen LogP contribution in [0.3, 0.4) is 0 Å². The van der Waals surface area contributed by atoms with Crippen LogP contribution in [0, 0.1) is 0 Å². The fraction of sp³-hybridized carbons (Fsp3) is 0.588. The number of hydrogen-bond acceptors (Lipinski definition) is 3. The van der Waals surface area contributed by atoms with E-state index in [1.54, 1.807) is 0 Å². The van der Waals surface area contributed by atoms with Crippen LogP contribution in [-0.4, -0.2) is 44.0 Å². The van der Waals surface area contributed by atoms with Crippen LogP contribution in [0.15, 0.2) is 24.3 Å². The summed E-state index contributed by atoms with van der Waals surface area (Å²) in [7, 11) is 1.98. The third kappa shape index (κ3) is 2.27. The zero-order valence-electron chi connectivity index (χ0n) is 12.8. The molecule has 2 aromatic rings. The number of fused-ring (bicyclic) bond motifs is 1. The molecule has 0 amide bonds. The zero-order chi connectivity index (χ0) is 14.6. The number of β-amino-alcohol motifs (C(OH)–C–C–N with tert-alkyl or cyclic N) is 1. The molecule has 4 nitrogen and oxygen atoms in total. The van der Waals surface area contributed by atoms with Crippen LogP contribution in [0.4, 0.5) is 0 Å². The third-order valence-electron chi connectivity index (χ3n) is 5.07. The zero-order valence-corrected chi connectivity index (χ0v) is 12.8. The Morgan fingerprint density at radius 3 is 2.86 bits per heavy atom. The maximum absolute atomic E-state index is 11.0. The quantitative estimate of drug-likeness (QED) is 0.939. The molecule has 1 N–H and O–H groups in total. The van der Waals surface area contributed by atoms with Crippen molar-refractivity contribution in [3.63, 3.8) is 0 Å². The van der Waals surface area contributed by atoms with Crippen LogP contribution in [-0.2, 0) is 13.5 Å². The lowest BCUT2D eigenvalue weighted by Crippen LogP contribution is -2.36. The predicted octanol–water partition coefficient (Wildman–Crippen LogP) is 2.10.